The van der Waals surface area contributed by atoms with Crippen LogP contribution in [0.5, 0.6) is 5.75 Å². The van der Waals surface area contributed by atoms with Crippen molar-refractivity contribution >= 4 is 23.7 Å². The molecule has 0 spiro atoms. The maximum Gasteiger partial charge on any atom is 0.416 e. The van der Waals surface area contributed by atoms with Gasteiger partial charge in [0.15, 0.2) is 0 Å². The highest BCUT2D eigenvalue weighted by atomic mass is 19.4. The van der Waals surface area contributed by atoms with E-state index in [0.717, 1.165) is 29.4 Å². The lowest BCUT2D eigenvalue weighted by molar-refractivity contribution is -0.144. The number of carbonyl (C=O) groups is 3. The van der Waals surface area contributed by atoms with Gasteiger partial charge >= 0.3 is 18.2 Å². The van der Waals surface area contributed by atoms with Crippen molar-refractivity contribution in [3.05, 3.63) is 58.7 Å². The van der Waals surface area contributed by atoms with Gasteiger partial charge in [0.25, 0.3) is 0 Å². The largest absolute Gasteiger partial charge is 0.489 e. The Balaban J connectivity index is 1.41. The standard InChI is InChI=1S/C29H33F3N2O6/c1-28(2,3)40-27(38)33(4)24(26(36)37)15-25(35)34-12-11-19-14-20(8-10-23(19)34)39-16-17-5-9-21(18-6-7-18)22(13-17)29(30,31)32/h5,8-10,13-14,18,24H,6-7,11-12,15-16H2,1-4H3,(H,36,37)/t24-/m1/s1. The second-order valence-electron chi connectivity index (χ2n) is 11.2. The Labute approximate surface area is 230 Å². The average molecular weight is 563 g/mol. The van der Waals surface area contributed by atoms with E-state index in [9.17, 15) is 32.7 Å². The van der Waals surface area contributed by atoms with Crippen LogP contribution in [-0.2, 0) is 33.5 Å². The lowest BCUT2D eigenvalue weighted by Crippen LogP contribution is -2.47. The molecule has 1 aliphatic heterocycles. The first kappa shape index (κ1) is 29.2. The SMILES string of the molecule is CN(C(=O)OC(C)(C)C)[C@H](CC(=O)N1CCc2cc(OCc3ccc(C4CC4)c(C(F)(F)F)c3)ccc21)C(=O)O. The Morgan fingerprint density at radius 3 is 2.40 bits per heavy atom. The zero-order valence-corrected chi connectivity index (χ0v) is 22.9. The van der Waals surface area contributed by atoms with Gasteiger partial charge < -0.3 is 19.5 Å². The van der Waals surface area contributed by atoms with E-state index in [1.165, 1.54) is 18.0 Å². The van der Waals surface area contributed by atoms with Crippen molar-refractivity contribution in [3.63, 3.8) is 0 Å². The van der Waals surface area contributed by atoms with E-state index in [4.69, 9.17) is 9.47 Å². The first-order chi connectivity index (χ1) is 18.6. The van der Waals surface area contributed by atoms with Crippen LogP contribution in [0.2, 0.25) is 0 Å². The molecule has 2 amide bonds. The van der Waals surface area contributed by atoms with E-state index >= 15 is 0 Å². The summed E-state index contributed by atoms with van der Waals surface area (Å²) in [4.78, 5) is 39.7. The van der Waals surface area contributed by atoms with Gasteiger partial charge in [-0.1, -0.05) is 12.1 Å². The molecular formula is C29H33F3N2O6. The monoisotopic (exact) mass is 562 g/mol. The Hall–Kier alpha value is -3.76. The number of carboxylic acid groups (broad SMARTS) is 1. The van der Waals surface area contributed by atoms with Crippen molar-refractivity contribution in [2.45, 2.75) is 76.8 Å². The molecular weight excluding hydrogens is 529 g/mol. The number of amides is 2. The number of nitrogens with zero attached hydrogens (tertiary/aromatic N) is 2. The number of likely N-dealkylation sites (N-methyl/N-ethyl adjacent to an activating group) is 1. The van der Waals surface area contributed by atoms with Gasteiger partial charge in [-0.3, -0.25) is 9.69 Å². The lowest BCUT2D eigenvalue weighted by atomic mass is 10.00. The third kappa shape index (κ3) is 6.86. The van der Waals surface area contributed by atoms with E-state index in [-0.39, 0.29) is 12.5 Å². The number of anilines is 1. The smallest absolute Gasteiger partial charge is 0.416 e. The molecule has 1 N–H and O–H groups in total. The Kier molecular flexibility index (Phi) is 8.05. The summed E-state index contributed by atoms with van der Waals surface area (Å²) in [5, 5.41) is 9.68. The quantitative estimate of drug-likeness (QED) is 0.440. The number of benzene rings is 2. The van der Waals surface area contributed by atoms with Crippen LogP contribution in [0, 0.1) is 0 Å². The van der Waals surface area contributed by atoms with Crippen LogP contribution in [0.4, 0.5) is 23.7 Å². The number of fused-ring (bicyclic) bond motifs is 1. The van der Waals surface area contributed by atoms with Gasteiger partial charge in [-0.05, 0) is 86.9 Å². The molecule has 8 nitrogen and oxygen atoms in total. The first-order valence-electron chi connectivity index (χ1n) is 13.1. The molecule has 216 valence electrons. The van der Waals surface area contributed by atoms with E-state index in [0.29, 0.717) is 35.5 Å². The van der Waals surface area contributed by atoms with Gasteiger partial charge in [0.2, 0.25) is 5.91 Å². The second kappa shape index (κ2) is 11.0. The number of alkyl halides is 3. The summed E-state index contributed by atoms with van der Waals surface area (Å²) >= 11 is 0. The number of carbonyl (C=O) groups excluding carboxylic acids is 2. The van der Waals surface area contributed by atoms with Gasteiger partial charge in [0, 0.05) is 19.3 Å². The minimum absolute atomic E-state index is 0.0301. The third-order valence-corrected chi connectivity index (χ3v) is 6.90. The Morgan fingerprint density at radius 2 is 1.80 bits per heavy atom. The van der Waals surface area contributed by atoms with Crippen molar-refractivity contribution in [3.8, 4) is 5.75 Å². The van der Waals surface area contributed by atoms with Crippen molar-refractivity contribution < 1.29 is 42.1 Å². The molecule has 0 aromatic heterocycles. The summed E-state index contributed by atoms with van der Waals surface area (Å²) in [5.74, 6) is -1.38. The van der Waals surface area contributed by atoms with Gasteiger partial charge in [-0.15, -0.1) is 0 Å². The molecule has 0 bridgehead atoms. The van der Waals surface area contributed by atoms with Gasteiger partial charge in [-0.2, -0.15) is 13.2 Å². The molecule has 1 saturated carbocycles. The zero-order chi connectivity index (χ0) is 29.4. The molecule has 2 aromatic rings. The van der Waals surface area contributed by atoms with Crippen LogP contribution in [0.15, 0.2) is 36.4 Å². The fourth-order valence-corrected chi connectivity index (χ4v) is 4.71. The molecule has 1 fully saturated rings. The lowest BCUT2D eigenvalue weighted by Gasteiger charge is -2.29. The number of hydrogen-bond donors (Lipinski definition) is 1. The van der Waals surface area contributed by atoms with Crippen molar-refractivity contribution in [1.29, 1.82) is 0 Å². The maximum atomic E-state index is 13.6. The molecule has 0 saturated heterocycles. The van der Waals surface area contributed by atoms with Crippen LogP contribution >= 0.6 is 0 Å². The highest BCUT2D eigenvalue weighted by molar-refractivity contribution is 5.98. The van der Waals surface area contributed by atoms with Crippen molar-refractivity contribution in [1.82, 2.24) is 4.90 Å². The number of aliphatic carboxylic acids is 1. The first-order valence-corrected chi connectivity index (χ1v) is 13.1. The Bertz CT molecular complexity index is 1300. The predicted octanol–water partition coefficient (Wildman–Crippen LogP) is 5.76. The average Bonchev–Trinajstić information content (AvgIpc) is 3.62. The summed E-state index contributed by atoms with van der Waals surface area (Å²) < 4.78 is 51.7. The van der Waals surface area contributed by atoms with Crippen LogP contribution in [0.1, 0.15) is 68.2 Å². The number of carboxylic acids is 1. The van der Waals surface area contributed by atoms with E-state index in [2.05, 4.69) is 0 Å². The minimum Gasteiger partial charge on any atom is -0.489 e. The Morgan fingerprint density at radius 1 is 1.10 bits per heavy atom. The predicted molar refractivity (Wildman–Crippen MR) is 140 cm³/mol. The fraction of sp³-hybridized carbons (Fsp3) is 0.483. The highest BCUT2D eigenvalue weighted by Gasteiger charge is 2.38. The topological polar surface area (TPSA) is 96.4 Å². The number of halogens is 3. The van der Waals surface area contributed by atoms with Gasteiger partial charge in [0.05, 0.1) is 12.0 Å². The molecule has 1 atom stereocenters. The third-order valence-electron chi connectivity index (χ3n) is 6.90. The second-order valence-corrected chi connectivity index (χ2v) is 11.2. The number of ether oxygens (including phenoxy) is 2. The van der Waals surface area contributed by atoms with Crippen LogP contribution in [-0.4, -0.2) is 53.2 Å². The number of hydrogen-bond acceptors (Lipinski definition) is 5. The van der Waals surface area contributed by atoms with Gasteiger partial charge in [-0.25, -0.2) is 9.59 Å². The van der Waals surface area contributed by atoms with E-state index in [1.807, 2.05) is 0 Å². The van der Waals surface area contributed by atoms with E-state index < -0.39 is 47.8 Å². The minimum atomic E-state index is -4.43. The summed E-state index contributed by atoms with van der Waals surface area (Å²) in [6.07, 6.45) is -3.69. The van der Waals surface area contributed by atoms with Crippen LogP contribution in [0.3, 0.4) is 0 Å². The van der Waals surface area contributed by atoms with Crippen LogP contribution < -0.4 is 9.64 Å². The number of rotatable bonds is 8. The summed E-state index contributed by atoms with van der Waals surface area (Å²) in [6, 6.07) is 7.94. The molecule has 11 heteroatoms. The molecule has 0 radical (unpaired) electrons. The summed E-state index contributed by atoms with van der Waals surface area (Å²) in [5.41, 5.74) is 0.681. The molecule has 40 heavy (non-hydrogen) atoms. The molecule has 1 heterocycles. The van der Waals surface area contributed by atoms with Crippen LogP contribution in [0.25, 0.3) is 0 Å². The van der Waals surface area contributed by atoms with Gasteiger partial charge in [0.1, 0.15) is 24.0 Å². The molecule has 0 unspecified atom stereocenters. The summed E-state index contributed by atoms with van der Waals surface area (Å²) in [6.45, 7) is 5.24. The molecule has 2 aromatic carbocycles. The highest BCUT2D eigenvalue weighted by Crippen LogP contribution is 2.46. The van der Waals surface area contributed by atoms with Crippen molar-refractivity contribution in [2.75, 3.05) is 18.5 Å². The zero-order valence-electron chi connectivity index (χ0n) is 22.9. The molecule has 4 rings (SSSR count). The molecule has 2 aliphatic rings. The maximum absolute atomic E-state index is 13.6. The van der Waals surface area contributed by atoms with Crippen molar-refractivity contribution in [2.24, 2.45) is 0 Å². The normalized spacial score (nSPS) is 15.8. The fourth-order valence-electron chi connectivity index (χ4n) is 4.71. The molecule has 1 aliphatic carbocycles. The summed E-state index contributed by atoms with van der Waals surface area (Å²) in [7, 11) is 1.28. The van der Waals surface area contributed by atoms with E-state index in [1.54, 1.807) is 45.0 Å².